The predicted molar refractivity (Wildman–Crippen MR) is 88.3 cm³/mol. The first-order chi connectivity index (χ1) is 9.61. The highest BCUT2D eigenvalue weighted by atomic mass is 127. The number of carbonyl (C=O) groups is 1. The molecule has 2 nitrogen and oxygen atoms in total. The number of carbonyl (C=O) groups excluding carboxylic acids is 1. The number of allylic oxidation sites excluding steroid dienone is 1. The Bertz CT molecular complexity index is 726. The summed E-state index contributed by atoms with van der Waals surface area (Å²) in [6.45, 7) is 1.92. The van der Waals surface area contributed by atoms with Gasteiger partial charge in [-0.25, -0.2) is 0 Å². The molecule has 0 spiro atoms. The van der Waals surface area contributed by atoms with Crippen LogP contribution in [0.2, 0.25) is 0 Å². The monoisotopic (exact) mass is 373 g/mol. The zero-order valence-electron chi connectivity index (χ0n) is 10.9. The minimum absolute atomic E-state index is 0.153. The first-order valence-corrected chi connectivity index (χ1v) is 7.17. The van der Waals surface area contributed by atoms with Gasteiger partial charge in [-0.05, 0) is 53.3 Å². The van der Waals surface area contributed by atoms with E-state index in [-0.39, 0.29) is 11.4 Å². The molecule has 0 atom stereocenters. The molecule has 0 amide bonds. The molecule has 20 heavy (non-hydrogen) atoms. The Labute approximate surface area is 131 Å². The van der Waals surface area contributed by atoms with Crippen molar-refractivity contribution in [1.82, 2.24) is 0 Å². The molecule has 0 aliphatic heterocycles. The third kappa shape index (κ3) is 3.34. The molecule has 0 aromatic heterocycles. The Kier molecular flexibility index (Phi) is 4.70. The van der Waals surface area contributed by atoms with Crippen molar-refractivity contribution < 1.29 is 4.79 Å². The van der Waals surface area contributed by atoms with Crippen LogP contribution in [0.15, 0.2) is 54.1 Å². The van der Waals surface area contributed by atoms with Crippen LogP contribution in [0.25, 0.3) is 6.08 Å². The summed E-state index contributed by atoms with van der Waals surface area (Å²) in [7, 11) is 0. The molecule has 0 aliphatic carbocycles. The summed E-state index contributed by atoms with van der Waals surface area (Å²) >= 11 is 2.19. The third-order valence-corrected chi connectivity index (χ3v) is 3.83. The number of nitrogens with zero attached hydrogens (tertiary/aromatic N) is 1. The van der Waals surface area contributed by atoms with Gasteiger partial charge in [-0.3, -0.25) is 4.79 Å². The van der Waals surface area contributed by atoms with E-state index in [4.69, 9.17) is 0 Å². The SMILES string of the molecule is Cc1cccc(C(=O)/C(C#N)=C\c2ccccc2I)c1. The third-order valence-electron chi connectivity index (χ3n) is 2.85. The number of halogens is 1. The summed E-state index contributed by atoms with van der Waals surface area (Å²) in [5, 5.41) is 9.24. The van der Waals surface area contributed by atoms with Crippen LogP contribution in [-0.2, 0) is 0 Å². The Balaban J connectivity index is 2.41. The lowest BCUT2D eigenvalue weighted by Gasteiger charge is -2.02. The Morgan fingerprint density at radius 2 is 1.95 bits per heavy atom. The molecule has 0 radical (unpaired) electrons. The second kappa shape index (κ2) is 6.49. The van der Waals surface area contributed by atoms with Crippen molar-refractivity contribution in [3.63, 3.8) is 0 Å². The van der Waals surface area contributed by atoms with E-state index >= 15 is 0 Å². The number of rotatable bonds is 3. The molecule has 2 aromatic rings. The van der Waals surface area contributed by atoms with E-state index in [0.717, 1.165) is 14.7 Å². The molecule has 98 valence electrons. The molecule has 0 saturated heterocycles. The first kappa shape index (κ1) is 14.5. The van der Waals surface area contributed by atoms with Crippen LogP contribution >= 0.6 is 22.6 Å². The molecule has 0 unspecified atom stereocenters. The van der Waals surface area contributed by atoms with Crippen molar-refractivity contribution >= 4 is 34.5 Å². The smallest absolute Gasteiger partial charge is 0.203 e. The van der Waals surface area contributed by atoms with Crippen LogP contribution in [0.3, 0.4) is 0 Å². The minimum Gasteiger partial charge on any atom is -0.288 e. The van der Waals surface area contributed by atoms with Crippen LogP contribution < -0.4 is 0 Å². The number of hydrogen-bond acceptors (Lipinski definition) is 2. The molecule has 0 saturated carbocycles. The lowest BCUT2D eigenvalue weighted by molar-refractivity contribution is 0.104. The van der Waals surface area contributed by atoms with Gasteiger partial charge >= 0.3 is 0 Å². The van der Waals surface area contributed by atoms with Gasteiger partial charge in [0.25, 0.3) is 0 Å². The zero-order chi connectivity index (χ0) is 14.5. The second-order valence-corrected chi connectivity index (χ2v) is 5.55. The fourth-order valence-corrected chi connectivity index (χ4v) is 2.38. The van der Waals surface area contributed by atoms with Gasteiger partial charge < -0.3 is 0 Å². The lowest BCUT2D eigenvalue weighted by atomic mass is 10.0. The van der Waals surface area contributed by atoms with Gasteiger partial charge in [-0.2, -0.15) is 5.26 Å². The molecule has 0 aliphatic rings. The van der Waals surface area contributed by atoms with Gasteiger partial charge in [0, 0.05) is 9.13 Å². The average molecular weight is 373 g/mol. The Morgan fingerprint density at radius 3 is 2.60 bits per heavy atom. The maximum absolute atomic E-state index is 12.4. The van der Waals surface area contributed by atoms with E-state index in [1.54, 1.807) is 18.2 Å². The molecular formula is C17H12INO. The molecule has 2 rings (SSSR count). The van der Waals surface area contributed by atoms with Gasteiger partial charge in [-0.15, -0.1) is 0 Å². The fraction of sp³-hybridized carbons (Fsp3) is 0.0588. The lowest BCUT2D eigenvalue weighted by Crippen LogP contribution is -2.02. The van der Waals surface area contributed by atoms with Crippen molar-refractivity contribution in [2.24, 2.45) is 0 Å². The minimum atomic E-state index is -0.240. The average Bonchev–Trinajstić information content (AvgIpc) is 2.46. The van der Waals surface area contributed by atoms with Gasteiger partial charge in [0.2, 0.25) is 5.78 Å². The van der Waals surface area contributed by atoms with Crippen molar-refractivity contribution in [2.45, 2.75) is 6.92 Å². The van der Waals surface area contributed by atoms with Crippen molar-refractivity contribution in [3.05, 3.63) is 74.4 Å². The van der Waals surface area contributed by atoms with Gasteiger partial charge in [0.1, 0.15) is 11.6 Å². The predicted octanol–water partition coefficient (Wildman–Crippen LogP) is 4.39. The first-order valence-electron chi connectivity index (χ1n) is 6.09. The Hall–Kier alpha value is -1.93. The summed E-state index contributed by atoms with van der Waals surface area (Å²) in [4.78, 5) is 12.4. The summed E-state index contributed by atoms with van der Waals surface area (Å²) in [6, 6.07) is 16.9. The quantitative estimate of drug-likeness (QED) is 0.347. The van der Waals surface area contributed by atoms with E-state index < -0.39 is 0 Å². The molecule has 2 aromatic carbocycles. The summed E-state index contributed by atoms with van der Waals surface area (Å²) in [5.74, 6) is -0.240. The molecule has 0 bridgehead atoms. The molecule has 0 N–H and O–H groups in total. The van der Waals surface area contributed by atoms with Crippen LogP contribution in [0.1, 0.15) is 21.5 Å². The van der Waals surface area contributed by atoms with Gasteiger partial charge in [-0.1, -0.05) is 42.0 Å². The van der Waals surface area contributed by atoms with E-state index in [1.165, 1.54) is 0 Å². The molecular weight excluding hydrogens is 361 g/mol. The van der Waals surface area contributed by atoms with Crippen LogP contribution in [0, 0.1) is 21.8 Å². The topological polar surface area (TPSA) is 40.9 Å². The van der Waals surface area contributed by atoms with E-state index in [9.17, 15) is 10.1 Å². The molecule has 0 heterocycles. The molecule has 0 fully saturated rings. The normalized spacial score (nSPS) is 10.9. The van der Waals surface area contributed by atoms with Gasteiger partial charge in [0.15, 0.2) is 0 Å². The van der Waals surface area contributed by atoms with Crippen molar-refractivity contribution in [3.8, 4) is 6.07 Å². The highest BCUT2D eigenvalue weighted by Gasteiger charge is 2.12. The number of ketones is 1. The fourth-order valence-electron chi connectivity index (χ4n) is 1.84. The zero-order valence-corrected chi connectivity index (χ0v) is 13.1. The number of hydrogen-bond donors (Lipinski definition) is 0. The Morgan fingerprint density at radius 1 is 1.20 bits per heavy atom. The highest BCUT2D eigenvalue weighted by molar-refractivity contribution is 14.1. The largest absolute Gasteiger partial charge is 0.288 e. The number of Topliss-reactive ketones (excluding diaryl/α,β-unsaturated/α-hetero) is 1. The van der Waals surface area contributed by atoms with Gasteiger partial charge in [0.05, 0.1) is 0 Å². The summed E-state index contributed by atoms with van der Waals surface area (Å²) in [6.07, 6.45) is 1.65. The summed E-state index contributed by atoms with van der Waals surface area (Å²) in [5.41, 5.74) is 2.58. The standard InChI is InChI=1S/C17H12INO/c1-12-5-4-7-14(9-12)17(20)15(11-19)10-13-6-2-3-8-16(13)18/h2-10H,1H3/b15-10-. The maximum Gasteiger partial charge on any atom is 0.203 e. The summed E-state index contributed by atoms with van der Waals surface area (Å²) < 4.78 is 1.01. The van der Waals surface area contributed by atoms with E-state index in [1.807, 2.05) is 49.4 Å². The van der Waals surface area contributed by atoms with Crippen molar-refractivity contribution in [1.29, 1.82) is 5.26 Å². The molecule has 3 heteroatoms. The second-order valence-electron chi connectivity index (χ2n) is 4.39. The number of nitriles is 1. The number of aryl methyl sites for hydroxylation is 1. The van der Waals surface area contributed by atoms with E-state index in [2.05, 4.69) is 22.6 Å². The van der Waals surface area contributed by atoms with Crippen LogP contribution in [-0.4, -0.2) is 5.78 Å². The van der Waals surface area contributed by atoms with Crippen molar-refractivity contribution in [2.75, 3.05) is 0 Å². The maximum atomic E-state index is 12.4. The van der Waals surface area contributed by atoms with Crippen LogP contribution in [0.5, 0.6) is 0 Å². The highest BCUT2D eigenvalue weighted by Crippen LogP contribution is 2.17. The number of benzene rings is 2. The van der Waals surface area contributed by atoms with E-state index in [0.29, 0.717) is 5.56 Å². The van der Waals surface area contributed by atoms with Crippen LogP contribution in [0.4, 0.5) is 0 Å².